The summed E-state index contributed by atoms with van der Waals surface area (Å²) in [5, 5.41) is 12.7. The van der Waals surface area contributed by atoms with E-state index in [0.717, 1.165) is 19.5 Å². The highest BCUT2D eigenvalue weighted by Crippen LogP contribution is 2.28. The van der Waals surface area contributed by atoms with Crippen molar-refractivity contribution in [2.45, 2.75) is 65.7 Å². The molecule has 2 unspecified atom stereocenters. The number of carbonyl (C=O) groups is 1. The van der Waals surface area contributed by atoms with Gasteiger partial charge in [0, 0.05) is 12.6 Å². The third-order valence-corrected chi connectivity index (χ3v) is 3.55. The highest BCUT2D eigenvalue weighted by molar-refractivity contribution is 5.65. The zero-order valence-corrected chi connectivity index (χ0v) is 13.7. The second-order valence-corrected chi connectivity index (χ2v) is 7.67. The fraction of sp³-hybridized carbons (Fsp3) is 0.933. The third-order valence-electron chi connectivity index (χ3n) is 3.55. The molecule has 0 aromatic heterocycles. The number of ether oxygens (including phenoxy) is 1. The van der Waals surface area contributed by atoms with Crippen LogP contribution >= 0.6 is 0 Å². The number of carboxylic acid groups (broad SMARTS) is 1. The van der Waals surface area contributed by atoms with Gasteiger partial charge in [-0.2, -0.15) is 0 Å². The average Bonchev–Trinajstić information content (AvgIpc) is 2.73. The van der Waals surface area contributed by atoms with Gasteiger partial charge in [0.2, 0.25) is 0 Å². The molecule has 1 amide bonds. The molecule has 20 heavy (non-hydrogen) atoms. The van der Waals surface area contributed by atoms with Crippen molar-refractivity contribution < 1.29 is 14.6 Å². The van der Waals surface area contributed by atoms with E-state index in [1.807, 2.05) is 20.8 Å². The van der Waals surface area contributed by atoms with E-state index in [1.165, 1.54) is 0 Å². The minimum Gasteiger partial charge on any atom is -0.465 e. The Hall–Kier alpha value is -0.810. The van der Waals surface area contributed by atoms with Gasteiger partial charge in [-0.15, -0.1) is 0 Å². The molecule has 0 aliphatic carbocycles. The van der Waals surface area contributed by atoms with Gasteiger partial charge in [0.15, 0.2) is 0 Å². The number of hydrogen-bond donors (Lipinski definition) is 2. The van der Waals surface area contributed by atoms with Gasteiger partial charge in [0.05, 0.1) is 18.2 Å². The van der Waals surface area contributed by atoms with E-state index in [0.29, 0.717) is 6.54 Å². The Morgan fingerprint density at radius 1 is 1.35 bits per heavy atom. The molecule has 2 N–H and O–H groups in total. The topological polar surface area (TPSA) is 61.8 Å². The highest BCUT2D eigenvalue weighted by atomic mass is 16.5. The van der Waals surface area contributed by atoms with Crippen LogP contribution in [-0.4, -0.2) is 53.5 Å². The molecular weight excluding hydrogens is 256 g/mol. The minimum absolute atomic E-state index is 0.0564. The smallest absolute Gasteiger partial charge is 0.407 e. The molecule has 1 saturated heterocycles. The standard InChI is InChI=1S/C15H30N2O3/c1-14(2,3)12(20-15(4,5)6)10-17(13(18)19)11-7-8-16-9-11/h11-12,16H,7-10H2,1-6H3,(H,18,19). The lowest BCUT2D eigenvalue weighted by Gasteiger charge is -2.40. The maximum absolute atomic E-state index is 11.6. The first-order valence-electron chi connectivity index (χ1n) is 7.39. The monoisotopic (exact) mass is 286 g/mol. The first kappa shape index (κ1) is 17.2. The molecule has 0 aromatic carbocycles. The number of hydrogen-bond acceptors (Lipinski definition) is 3. The van der Waals surface area contributed by atoms with Gasteiger partial charge in [-0.3, -0.25) is 0 Å². The lowest BCUT2D eigenvalue weighted by molar-refractivity contribution is -0.115. The molecule has 0 saturated carbocycles. The molecule has 1 aliphatic heterocycles. The molecule has 1 heterocycles. The van der Waals surface area contributed by atoms with Crippen molar-refractivity contribution in [1.29, 1.82) is 0 Å². The van der Waals surface area contributed by atoms with Crippen LogP contribution in [-0.2, 0) is 4.74 Å². The largest absolute Gasteiger partial charge is 0.465 e. The molecule has 118 valence electrons. The second kappa shape index (κ2) is 6.31. The predicted molar refractivity (Wildman–Crippen MR) is 80.1 cm³/mol. The van der Waals surface area contributed by atoms with Gasteiger partial charge in [0.1, 0.15) is 0 Å². The summed E-state index contributed by atoms with van der Waals surface area (Å²) in [6, 6.07) is 0.0564. The summed E-state index contributed by atoms with van der Waals surface area (Å²) in [6.45, 7) is 14.3. The molecule has 5 nitrogen and oxygen atoms in total. The Morgan fingerprint density at radius 2 is 1.95 bits per heavy atom. The van der Waals surface area contributed by atoms with Crippen LogP contribution in [0, 0.1) is 5.41 Å². The van der Waals surface area contributed by atoms with Crippen molar-refractivity contribution in [3.05, 3.63) is 0 Å². The van der Waals surface area contributed by atoms with E-state index in [1.54, 1.807) is 4.90 Å². The van der Waals surface area contributed by atoms with Crippen LogP contribution in [0.5, 0.6) is 0 Å². The van der Waals surface area contributed by atoms with Crippen LogP contribution in [0.4, 0.5) is 4.79 Å². The van der Waals surface area contributed by atoms with Crippen molar-refractivity contribution >= 4 is 6.09 Å². The fourth-order valence-electron chi connectivity index (χ4n) is 2.38. The van der Waals surface area contributed by atoms with E-state index in [-0.39, 0.29) is 23.2 Å². The second-order valence-electron chi connectivity index (χ2n) is 7.67. The fourth-order valence-corrected chi connectivity index (χ4v) is 2.38. The van der Waals surface area contributed by atoms with Crippen LogP contribution < -0.4 is 5.32 Å². The normalized spacial score (nSPS) is 21.8. The Morgan fingerprint density at radius 3 is 2.30 bits per heavy atom. The summed E-state index contributed by atoms with van der Waals surface area (Å²) in [7, 11) is 0. The maximum atomic E-state index is 11.6. The zero-order valence-electron chi connectivity index (χ0n) is 13.7. The molecule has 0 aromatic rings. The van der Waals surface area contributed by atoms with E-state index >= 15 is 0 Å². The number of rotatable bonds is 4. The predicted octanol–water partition coefficient (Wildman–Crippen LogP) is 2.56. The molecule has 2 atom stereocenters. The van der Waals surface area contributed by atoms with Gasteiger partial charge in [-0.25, -0.2) is 4.79 Å². The van der Waals surface area contributed by atoms with Crippen LogP contribution in [0.2, 0.25) is 0 Å². The summed E-state index contributed by atoms with van der Waals surface area (Å²) < 4.78 is 6.12. The Bertz CT molecular complexity index is 325. The summed E-state index contributed by atoms with van der Waals surface area (Å²) in [6.07, 6.45) is -0.108. The molecule has 0 spiro atoms. The molecule has 0 bridgehead atoms. The molecule has 1 aliphatic rings. The van der Waals surface area contributed by atoms with E-state index < -0.39 is 6.09 Å². The first-order chi connectivity index (χ1) is 9.00. The molecule has 0 radical (unpaired) electrons. The quantitative estimate of drug-likeness (QED) is 0.834. The number of nitrogens with zero attached hydrogens (tertiary/aromatic N) is 1. The summed E-state index contributed by atoms with van der Waals surface area (Å²) in [5.41, 5.74) is -0.386. The van der Waals surface area contributed by atoms with Crippen molar-refractivity contribution in [2.75, 3.05) is 19.6 Å². The molecule has 5 heteroatoms. The van der Waals surface area contributed by atoms with E-state index in [4.69, 9.17) is 4.74 Å². The van der Waals surface area contributed by atoms with Crippen LogP contribution in [0.1, 0.15) is 48.0 Å². The van der Waals surface area contributed by atoms with Crippen LogP contribution in [0.15, 0.2) is 0 Å². The summed E-state index contributed by atoms with van der Waals surface area (Å²) in [4.78, 5) is 13.1. The van der Waals surface area contributed by atoms with Gasteiger partial charge in [-0.1, -0.05) is 20.8 Å². The Kier molecular flexibility index (Phi) is 5.44. The zero-order chi connectivity index (χ0) is 15.6. The number of amides is 1. The summed E-state index contributed by atoms with van der Waals surface area (Å²) in [5.74, 6) is 0. The van der Waals surface area contributed by atoms with Crippen molar-refractivity contribution in [1.82, 2.24) is 10.2 Å². The molecule has 1 rings (SSSR count). The van der Waals surface area contributed by atoms with Gasteiger partial charge >= 0.3 is 6.09 Å². The Balaban J connectivity index is 2.82. The van der Waals surface area contributed by atoms with Crippen molar-refractivity contribution in [3.63, 3.8) is 0 Å². The first-order valence-corrected chi connectivity index (χ1v) is 7.39. The van der Waals surface area contributed by atoms with Gasteiger partial charge in [-0.05, 0) is 39.2 Å². The van der Waals surface area contributed by atoms with E-state index in [9.17, 15) is 9.90 Å². The minimum atomic E-state index is -0.856. The lowest BCUT2D eigenvalue weighted by Crippen LogP contribution is -2.50. The molecule has 1 fully saturated rings. The van der Waals surface area contributed by atoms with Gasteiger partial charge in [0.25, 0.3) is 0 Å². The SMILES string of the molecule is CC(C)(C)OC(CN(C(=O)O)C1CCNC1)C(C)(C)C. The number of nitrogens with one attached hydrogen (secondary N) is 1. The summed E-state index contributed by atoms with van der Waals surface area (Å²) >= 11 is 0. The average molecular weight is 286 g/mol. The van der Waals surface area contributed by atoms with Crippen LogP contribution in [0.25, 0.3) is 0 Å². The van der Waals surface area contributed by atoms with Crippen molar-refractivity contribution in [3.8, 4) is 0 Å². The van der Waals surface area contributed by atoms with Gasteiger partial charge < -0.3 is 20.1 Å². The highest BCUT2D eigenvalue weighted by Gasteiger charge is 2.35. The van der Waals surface area contributed by atoms with Crippen LogP contribution in [0.3, 0.4) is 0 Å². The molecular formula is C15H30N2O3. The maximum Gasteiger partial charge on any atom is 0.407 e. The van der Waals surface area contributed by atoms with Crippen molar-refractivity contribution in [2.24, 2.45) is 5.41 Å². The lowest BCUT2D eigenvalue weighted by atomic mass is 9.87. The van der Waals surface area contributed by atoms with E-state index in [2.05, 4.69) is 26.1 Å². The Labute approximate surface area is 122 Å². The third kappa shape index (κ3) is 5.29.